The molecule has 4 heteroatoms. The summed E-state index contributed by atoms with van der Waals surface area (Å²) in [5.74, 6) is 4.32. The highest BCUT2D eigenvalue weighted by molar-refractivity contribution is 6.31. The molecule has 1 aliphatic heterocycles. The van der Waals surface area contributed by atoms with Crippen molar-refractivity contribution in [2.24, 2.45) is 78.4 Å². The molecule has 0 spiro atoms. The largest absolute Gasteiger partial charge is 0.357 e. The Morgan fingerprint density at radius 2 is 1.32 bits per heavy atom. The Bertz CT molecular complexity index is 2140. The van der Waals surface area contributed by atoms with Gasteiger partial charge in [-0.15, -0.1) is 0 Å². The van der Waals surface area contributed by atoms with Crippen molar-refractivity contribution < 1.29 is 0 Å². The van der Waals surface area contributed by atoms with E-state index in [0.717, 1.165) is 50.3 Å². The minimum absolute atomic E-state index is 0.0280. The van der Waals surface area contributed by atoms with Crippen molar-refractivity contribution in [3.8, 4) is 0 Å². The summed E-state index contributed by atoms with van der Waals surface area (Å²) in [5, 5.41) is 5.90. The van der Waals surface area contributed by atoms with Gasteiger partial charge < -0.3 is 5.32 Å². The van der Waals surface area contributed by atoms with Crippen LogP contribution in [0.4, 0.5) is 0 Å². The van der Waals surface area contributed by atoms with Crippen LogP contribution in [0.2, 0.25) is 10.0 Å². The van der Waals surface area contributed by atoms with E-state index in [2.05, 4.69) is 134 Å². The minimum Gasteiger partial charge on any atom is -0.357 e. The predicted octanol–water partition coefficient (Wildman–Crippen LogP) is 14.3. The van der Waals surface area contributed by atoms with E-state index in [1.165, 1.54) is 56.9 Å². The van der Waals surface area contributed by atoms with Crippen LogP contribution < -0.4 is 5.32 Å². The van der Waals surface area contributed by atoms with Crippen molar-refractivity contribution in [1.29, 1.82) is 0 Å². The lowest BCUT2D eigenvalue weighted by molar-refractivity contribution is -0.438. The average Bonchev–Trinajstić information content (AvgIpc) is 3.18. The van der Waals surface area contributed by atoms with E-state index >= 15 is 0 Å². The molecule has 9 aliphatic carbocycles. The molecule has 6 bridgehead atoms. The van der Waals surface area contributed by atoms with Gasteiger partial charge in [-0.1, -0.05) is 140 Å². The maximum absolute atomic E-state index is 6.79. The predicted molar refractivity (Wildman–Crippen MR) is 235 cm³/mol. The first kappa shape index (κ1) is 37.7. The molecular weight excluding hydrogens is 723 g/mol. The molecule has 13 rings (SSSR count). The molecule has 2 nitrogen and oxygen atoms in total. The third-order valence-corrected chi connectivity index (χ3v) is 21.0. The van der Waals surface area contributed by atoms with Crippen LogP contribution in [0.3, 0.4) is 0 Å². The molecular formula is C52H64Cl2N2. The Morgan fingerprint density at radius 3 is 1.93 bits per heavy atom. The molecule has 1 N–H and O–H groups in total. The number of nitrogens with one attached hydrogen (secondary N) is 1. The highest BCUT2D eigenvalue weighted by Gasteiger charge is 2.90. The van der Waals surface area contributed by atoms with Gasteiger partial charge in [0.15, 0.2) is 5.66 Å². The molecule has 10 aliphatic rings. The number of hydrogen-bond donors (Lipinski definition) is 1. The highest BCUT2D eigenvalue weighted by atomic mass is 35.5. The second kappa shape index (κ2) is 11.8. The zero-order valence-electron chi connectivity index (χ0n) is 35.4. The smallest absolute Gasteiger partial charge is 0.162 e. The average molecular weight is 788 g/mol. The van der Waals surface area contributed by atoms with Crippen LogP contribution in [0.15, 0.2) is 89.9 Å². The van der Waals surface area contributed by atoms with Crippen LogP contribution in [-0.2, 0) is 5.66 Å². The zero-order chi connectivity index (χ0) is 39.5. The van der Waals surface area contributed by atoms with Crippen molar-refractivity contribution in [2.75, 3.05) is 0 Å². The lowest BCUT2D eigenvalue weighted by Crippen LogP contribution is -2.88. The van der Waals surface area contributed by atoms with E-state index in [1.807, 2.05) is 18.2 Å². The number of rotatable bonds is 6. The van der Waals surface area contributed by atoms with E-state index in [4.69, 9.17) is 28.2 Å². The third-order valence-electron chi connectivity index (χ3n) is 20.5. The molecule has 0 radical (unpaired) electrons. The molecule has 56 heavy (non-hydrogen) atoms. The number of benzene rings is 3. The maximum atomic E-state index is 6.79. The van der Waals surface area contributed by atoms with Gasteiger partial charge >= 0.3 is 0 Å². The molecule has 1 heterocycles. The molecule has 3 aromatic carbocycles. The molecule has 0 saturated heterocycles. The fraction of sp³-hybridized carbons (Fsp3) is 0.596. The Labute approximate surface area is 347 Å². The van der Waals surface area contributed by atoms with Gasteiger partial charge in [0.25, 0.3) is 0 Å². The van der Waals surface area contributed by atoms with Gasteiger partial charge in [0.2, 0.25) is 0 Å². The molecule has 9 saturated carbocycles. The molecule has 11 atom stereocenters. The van der Waals surface area contributed by atoms with Crippen molar-refractivity contribution in [2.45, 2.75) is 119 Å². The summed E-state index contributed by atoms with van der Waals surface area (Å²) in [5.41, 5.74) is 6.08. The van der Waals surface area contributed by atoms with Crippen LogP contribution in [0, 0.1) is 73.4 Å². The second-order valence-electron chi connectivity index (χ2n) is 21.9. The quantitative estimate of drug-likeness (QED) is 0.264. The van der Waals surface area contributed by atoms with E-state index in [0.29, 0.717) is 34.0 Å². The van der Waals surface area contributed by atoms with Gasteiger partial charge in [-0.2, -0.15) is 0 Å². The van der Waals surface area contributed by atoms with E-state index < -0.39 is 5.66 Å². The van der Waals surface area contributed by atoms with Crippen LogP contribution >= 0.6 is 23.2 Å². The number of fused-ring (bicyclic) bond motifs is 6. The molecule has 9 fully saturated rings. The molecule has 0 aromatic heterocycles. The fourth-order valence-corrected chi connectivity index (χ4v) is 18.0. The molecule has 0 amide bonds. The lowest BCUT2D eigenvalue weighted by atomic mass is 9.13. The molecule has 11 unspecified atom stereocenters. The summed E-state index contributed by atoms with van der Waals surface area (Å²) in [6.07, 6.45) is 13.0. The Kier molecular flexibility index (Phi) is 7.95. The van der Waals surface area contributed by atoms with Gasteiger partial charge in [0, 0.05) is 32.3 Å². The number of allylic oxidation sites excluding steroid dienone is 1. The summed E-state index contributed by atoms with van der Waals surface area (Å²) in [6, 6.07) is 28.2. The van der Waals surface area contributed by atoms with Crippen molar-refractivity contribution >= 4 is 34.6 Å². The standard InChI is InChI=1S/C52H64Cl2N2/c1-32-18-22-38-28-49(32,45(38,4)5)42-30-48(31-51(34(42)3,47(48,8)9)50-29-39(46(50,6)7)23-19-33(50)2)52(37-15-11-10-12-16-37)55-43(35-20-24-40(53)25-21-35)27-44(56-52)36-14-13-17-41(54)26-36/h10-17,20-21,24-27,32-34,38-39,42,55H,18-19,22-23,28-31H2,1-9H3. The Balaban J connectivity index is 1.27. The third kappa shape index (κ3) is 4.11. The minimum atomic E-state index is -0.718. The van der Waals surface area contributed by atoms with Gasteiger partial charge in [-0.25, -0.2) is 0 Å². The number of hydrogen-bond acceptors (Lipinski definition) is 2. The Hall–Kier alpha value is -2.55. The monoisotopic (exact) mass is 786 g/mol. The van der Waals surface area contributed by atoms with Gasteiger partial charge in [0.05, 0.1) is 5.71 Å². The van der Waals surface area contributed by atoms with Gasteiger partial charge in [0.1, 0.15) is 0 Å². The number of aliphatic imine (C=N–C) groups is 1. The van der Waals surface area contributed by atoms with Crippen molar-refractivity contribution in [1.82, 2.24) is 5.32 Å². The summed E-state index contributed by atoms with van der Waals surface area (Å²) < 4.78 is 0. The maximum Gasteiger partial charge on any atom is 0.162 e. The first-order valence-electron chi connectivity index (χ1n) is 22.1. The molecule has 3 aromatic rings. The first-order chi connectivity index (χ1) is 26.5. The van der Waals surface area contributed by atoms with Crippen molar-refractivity contribution in [3.05, 3.63) is 112 Å². The second-order valence-corrected chi connectivity index (χ2v) is 22.8. The van der Waals surface area contributed by atoms with Crippen molar-refractivity contribution in [3.63, 3.8) is 0 Å². The topological polar surface area (TPSA) is 24.4 Å². The van der Waals surface area contributed by atoms with Crippen LogP contribution in [-0.4, -0.2) is 5.71 Å². The van der Waals surface area contributed by atoms with Gasteiger partial charge in [-0.3, -0.25) is 4.99 Å². The normalized spacial score (nSPS) is 43.5. The lowest BCUT2D eigenvalue weighted by Gasteiger charge is -2.91. The number of nitrogens with zero attached hydrogens (tertiary/aromatic N) is 1. The van der Waals surface area contributed by atoms with Crippen LogP contribution in [0.25, 0.3) is 5.70 Å². The van der Waals surface area contributed by atoms with E-state index in [9.17, 15) is 0 Å². The Morgan fingerprint density at radius 1 is 0.643 bits per heavy atom. The fourth-order valence-electron chi connectivity index (χ4n) is 17.7. The SMILES string of the molecule is CC1CCC2CC1(C1CC3(C4(c5ccccc5)N=C(c5cccc(Cl)c5)C=C(c5ccc(Cl)cc5)N4)CC(C45CC(CCC4C)C5(C)C)(C1C)C3(C)C)C2(C)C. The summed E-state index contributed by atoms with van der Waals surface area (Å²) in [7, 11) is 0. The first-order valence-corrected chi connectivity index (χ1v) is 22.9. The van der Waals surface area contributed by atoms with E-state index in [-0.39, 0.29) is 21.7 Å². The molecule has 296 valence electrons. The van der Waals surface area contributed by atoms with Gasteiger partial charge in [-0.05, 0) is 155 Å². The summed E-state index contributed by atoms with van der Waals surface area (Å²) >= 11 is 13.3. The summed E-state index contributed by atoms with van der Waals surface area (Å²) in [4.78, 5) is 6.22. The summed E-state index contributed by atoms with van der Waals surface area (Å²) in [6.45, 7) is 24.4. The highest BCUT2D eigenvalue weighted by Crippen LogP contribution is 2.95. The van der Waals surface area contributed by atoms with Crippen LogP contribution in [0.1, 0.15) is 130 Å². The van der Waals surface area contributed by atoms with E-state index in [1.54, 1.807) is 0 Å². The van der Waals surface area contributed by atoms with Crippen LogP contribution in [0.5, 0.6) is 0 Å². The zero-order valence-corrected chi connectivity index (χ0v) is 36.9. The number of halogens is 2.